The number of pyridine rings is 1. The number of fused-ring (bicyclic) bond motifs is 1. The van der Waals surface area contributed by atoms with Crippen LogP contribution in [0.2, 0.25) is 0 Å². The lowest BCUT2D eigenvalue weighted by Gasteiger charge is -2.19. The summed E-state index contributed by atoms with van der Waals surface area (Å²) in [7, 11) is -3.48. The smallest absolute Gasteiger partial charge is 0.163 e. The van der Waals surface area contributed by atoms with Crippen LogP contribution in [0.15, 0.2) is 71.9 Å². The number of allylic oxidation sites excluding steroid dienone is 1. The van der Waals surface area contributed by atoms with Crippen LogP contribution < -0.4 is 0 Å². The van der Waals surface area contributed by atoms with Gasteiger partial charge in [0.05, 0.1) is 24.2 Å². The van der Waals surface area contributed by atoms with E-state index in [9.17, 15) is 23.7 Å². The molecular weight excluding hydrogens is 438 g/mol. The van der Waals surface area contributed by atoms with Crippen LogP contribution in [0.4, 0.5) is 0 Å². The van der Waals surface area contributed by atoms with Crippen molar-refractivity contribution in [3.05, 3.63) is 83.2 Å². The number of sulfone groups is 1. The highest BCUT2D eigenvalue weighted by atomic mass is 32.2. The molecule has 2 atom stereocenters. The monoisotopic (exact) mass is 465 g/mol. The third kappa shape index (κ3) is 4.71. The number of phenolic OH excluding ortho intramolecular Hbond substituents is 1. The Labute approximate surface area is 193 Å². The highest BCUT2D eigenvalue weighted by Gasteiger charge is 2.39. The van der Waals surface area contributed by atoms with Crippen LogP contribution in [-0.4, -0.2) is 52.4 Å². The van der Waals surface area contributed by atoms with Crippen molar-refractivity contribution in [2.45, 2.75) is 31.1 Å². The van der Waals surface area contributed by atoms with Crippen molar-refractivity contribution < 1.29 is 23.7 Å². The Morgan fingerprint density at radius 2 is 1.85 bits per heavy atom. The van der Waals surface area contributed by atoms with Gasteiger partial charge in [0.15, 0.2) is 9.84 Å². The second kappa shape index (κ2) is 9.47. The number of hydrogen-bond acceptors (Lipinski definition) is 6. The van der Waals surface area contributed by atoms with E-state index in [1.54, 1.807) is 19.2 Å². The molecular formula is C26H27NO5S. The largest absolute Gasteiger partial charge is 0.507 e. The lowest BCUT2D eigenvalue weighted by Crippen LogP contribution is -2.29. The Kier molecular flexibility index (Phi) is 6.65. The standard InChI is InChI=1S/C26H27NO5S/c1-17-16-33(31,32)25(15-28)26(17)24(30)12-10-19(22-8-4-5-13-27-22)14-18-9-11-23(29)21-7-3-2-6-20(18)21/h2-9,11,13-14,24-25,28-30H,10,12,15-16H2,1H3/b19-14-/t24-,25+/m1/s1. The molecule has 0 radical (unpaired) electrons. The summed E-state index contributed by atoms with van der Waals surface area (Å²) in [5.74, 6) is 0.0741. The number of hydrogen-bond donors (Lipinski definition) is 3. The van der Waals surface area contributed by atoms with Gasteiger partial charge in [0.2, 0.25) is 0 Å². The second-order valence-corrected chi connectivity index (χ2v) is 10.6. The second-order valence-electron chi connectivity index (χ2n) is 8.37. The lowest BCUT2D eigenvalue weighted by molar-refractivity contribution is 0.190. The average Bonchev–Trinajstić information content (AvgIpc) is 3.05. The molecule has 0 aliphatic carbocycles. The predicted octanol–water partition coefficient (Wildman–Crippen LogP) is 3.73. The summed E-state index contributed by atoms with van der Waals surface area (Å²) in [4.78, 5) is 4.47. The van der Waals surface area contributed by atoms with Crippen molar-refractivity contribution in [3.63, 3.8) is 0 Å². The van der Waals surface area contributed by atoms with Crippen LogP contribution >= 0.6 is 0 Å². The molecule has 0 saturated carbocycles. The zero-order valence-corrected chi connectivity index (χ0v) is 19.2. The Bertz CT molecular complexity index is 1330. The maximum atomic E-state index is 12.3. The maximum absolute atomic E-state index is 12.3. The molecule has 1 aliphatic heterocycles. The lowest BCUT2D eigenvalue weighted by atomic mass is 9.93. The van der Waals surface area contributed by atoms with E-state index in [1.165, 1.54) is 0 Å². The van der Waals surface area contributed by atoms with Crippen molar-refractivity contribution in [2.24, 2.45) is 0 Å². The molecule has 2 heterocycles. The first kappa shape index (κ1) is 23.2. The molecule has 1 aromatic heterocycles. The third-order valence-electron chi connectivity index (χ3n) is 6.16. The van der Waals surface area contributed by atoms with Gasteiger partial charge in [-0.2, -0.15) is 0 Å². The molecule has 4 rings (SSSR count). The number of aliphatic hydroxyl groups excluding tert-OH is 2. The van der Waals surface area contributed by atoms with E-state index >= 15 is 0 Å². The SMILES string of the molecule is CC1=C([C@H](O)CC/C(=C/c2ccc(O)c3ccccc23)c2ccccn2)[C@H](CO)S(=O)(=O)C1. The van der Waals surface area contributed by atoms with E-state index in [1.807, 2.05) is 54.6 Å². The Morgan fingerprint density at radius 1 is 1.12 bits per heavy atom. The highest BCUT2D eigenvalue weighted by Crippen LogP contribution is 2.34. The molecule has 0 saturated heterocycles. The van der Waals surface area contributed by atoms with E-state index < -0.39 is 27.8 Å². The summed E-state index contributed by atoms with van der Waals surface area (Å²) in [6.45, 7) is 1.17. The molecule has 33 heavy (non-hydrogen) atoms. The number of aliphatic hydroxyl groups is 2. The molecule has 1 aliphatic rings. The van der Waals surface area contributed by atoms with Crippen molar-refractivity contribution in [1.82, 2.24) is 4.98 Å². The quantitative estimate of drug-likeness (QED) is 0.459. The minimum Gasteiger partial charge on any atom is -0.507 e. The zero-order chi connectivity index (χ0) is 23.6. The van der Waals surface area contributed by atoms with E-state index in [2.05, 4.69) is 4.98 Å². The number of aromatic nitrogens is 1. The first-order valence-corrected chi connectivity index (χ1v) is 12.6. The average molecular weight is 466 g/mol. The van der Waals surface area contributed by atoms with E-state index in [4.69, 9.17) is 0 Å². The fourth-order valence-corrected chi connectivity index (χ4v) is 6.50. The summed E-state index contributed by atoms with van der Waals surface area (Å²) < 4.78 is 24.6. The van der Waals surface area contributed by atoms with Crippen LogP contribution in [0.25, 0.3) is 22.4 Å². The summed E-state index contributed by atoms with van der Waals surface area (Å²) in [5, 5.41) is 31.4. The van der Waals surface area contributed by atoms with Crippen molar-refractivity contribution >= 4 is 32.3 Å². The zero-order valence-electron chi connectivity index (χ0n) is 18.3. The third-order valence-corrected chi connectivity index (χ3v) is 8.27. The molecule has 0 spiro atoms. The van der Waals surface area contributed by atoms with Gasteiger partial charge in [-0.25, -0.2) is 8.42 Å². The minimum absolute atomic E-state index is 0.132. The van der Waals surface area contributed by atoms with E-state index in [-0.39, 0.29) is 17.9 Å². The van der Waals surface area contributed by atoms with Gasteiger partial charge in [-0.05, 0) is 66.1 Å². The minimum atomic E-state index is -3.48. The topological polar surface area (TPSA) is 108 Å². The highest BCUT2D eigenvalue weighted by molar-refractivity contribution is 7.92. The first-order valence-electron chi connectivity index (χ1n) is 10.8. The fourth-order valence-electron chi connectivity index (χ4n) is 4.56. The Balaban J connectivity index is 1.68. The van der Waals surface area contributed by atoms with Gasteiger partial charge in [-0.1, -0.05) is 42.0 Å². The molecule has 172 valence electrons. The first-order chi connectivity index (χ1) is 15.8. The normalized spacial score (nSPS) is 19.2. The Morgan fingerprint density at radius 3 is 2.55 bits per heavy atom. The predicted molar refractivity (Wildman–Crippen MR) is 130 cm³/mol. The molecule has 3 aromatic rings. The van der Waals surface area contributed by atoms with Gasteiger partial charge in [0.25, 0.3) is 0 Å². The molecule has 0 amide bonds. The molecule has 0 unspecified atom stereocenters. The Hall–Kier alpha value is -3.00. The van der Waals surface area contributed by atoms with Crippen molar-refractivity contribution in [1.29, 1.82) is 0 Å². The molecule has 6 nitrogen and oxygen atoms in total. The van der Waals surface area contributed by atoms with Crippen molar-refractivity contribution in [3.8, 4) is 5.75 Å². The molecule has 7 heteroatoms. The van der Waals surface area contributed by atoms with Crippen LogP contribution in [0.1, 0.15) is 31.0 Å². The van der Waals surface area contributed by atoms with E-state index in [0.717, 1.165) is 27.6 Å². The van der Waals surface area contributed by atoms with Crippen LogP contribution in [0.5, 0.6) is 5.75 Å². The number of aromatic hydroxyl groups is 1. The summed E-state index contributed by atoms with van der Waals surface area (Å²) in [5.41, 5.74) is 3.56. The van der Waals surface area contributed by atoms with Gasteiger partial charge in [-0.3, -0.25) is 4.98 Å². The van der Waals surface area contributed by atoms with Gasteiger partial charge in [-0.15, -0.1) is 0 Å². The van der Waals surface area contributed by atoms with Crippen LogP contribution in [0.3, 0.4) is 0 Å². The van der Waals surface area contributed by atoms with Crippen LogP contribution in [0, 0.1) is 0 Å². The molecule has 2 aromatic carbocycles. The summed E-state index contributed by atoms with van der Waals surface area (Å²) >= 11 is 0. The number of benzene rings is 2. The summed E-state index contributed by atoms with van der Waals surface area (Å²) in [6.07, 6.45) is 3.45. The molecule has 3 N–H and O–H groups in total. The fraction of sp³-hybridized carbons (Fsp3) is 0.269. The molecule has 0 bridgehead atoms. The number of nitrogens with zero attached hydrogens (tertiary/aromatic N) is 1. The maximum Gasteiger partial charge on any atom is 0.163 e. The molecule has 0 fully saturated rings. The number of phenols is 1. The van der Waals surface area contributed by atoms with Gasteiger partial charge >= 0.3 is 0 Å². The number of rotatable bonds is 7. The summed E-state index contributed by atoms with van der Waals surface area (Å²) in [6, 6.07) is 16.7. The van der Waals surface area contributed by atoms with Gasteiger partial charge in [0, 0.05) is 11.6 Å². The van der Waals surface area contributed by atoms with E-state index in [0.29, 0.717) is 17.6 Å². The van der Waals surface area contributed by atoms with Crippen LogP contribution in [-0.2, 0) is 9.84 Å². The van der Waals surface area contributed by atoms with Crippen molar-refractivity contribution in [2.75, 3.05) is 12.4 Å². The van der Waals surface area contributed by atoms with Gasteiger partial charge in [0.1, 0.15) is 11.0 Å². The van der Waals surface area contributed by atoms with Gasteiger partial charge < -0.3 is 15.3 Å².